The number of aromatic hydroxyl groups is 1. The van der Waals surface area contributed by atoms with Gasteiger partial charge < -0.3 is 9.84 Å². The van der Waals surface area contributed by atoms with Crippen LogP contribution >= 0.6 is 0 Å². The average Bonchev–Trinajstić information content (AvgIpc) is 4.10. The molecule has 0 saturated carbocycles. The molecular weight excluding hydrogens is 733 g/mol. The molecule has 0 saturated heterocycles. The van der Waals surface area contributed by atoms with Crippen LogP contribution in [0.5, 0.6) is 17.2 Å². The molecule has 3 heterocycles. The van der Waals surface area contributed by atoms with Gasteiger partial charge in [-0.1, -0.05) is 133 Å². The first-order valence-corrected chi connectivity index (χ1v) is 19.0. The Labute approximate surface area is 340 Å². The summed E-state index contributed by atoms with van der Waals surface area (Å²) in [6.45, 7) is 0. The minimum absolute atomic E-state index is 0.212. The number of para-hydroxylation sites is 1. The van der Waals surface area contributed by atoms with E-state index in [-0.39, 0.29) is 5.75 Å². The zero-order chi connectivity index (χ0) is 39.8. The van der Waals surface area contributed by atoms with Crippen LogP contribution in [0, 0.1) is 0 Å². The summed E-state index contributed by atoms with van der Waals surface area (Å²) in [5.74, 6) is 2.98. The standard InChI is InChI=1S/C35H25N5O.C14H11N3O/c1-4-12-26(13-5-1)34-24-33(37-40(34)29-17-8-3-9-18-29)28-16-10-20-31(22-28)41-32-21-11-19-30(23-32)39-25-36-35(38-39)27-14-6-2-7-15-27;18-13-8-4-7-12(9-13)17-10-15-14(16-17)11-5-2-1-3-6-11/h1-25H;1-10,18H. The number of ether oxygens (including phenoxy) is 1. The second-order valence-electron chi connectivity index (χ2n) is 13.4. The lowest BCUT2D eigenvalue weighted by Crippen LogP contribution is -1.98. The molecule has 0 bridgehead atoms. The van der Waals surface area contributed by atoms with Crippen LogP contribution in [0.15, 0.2) is 213 Å². The topological polar surface area (TPSA) is 109 Å². The normalized spacial score (nSPS) is 10.8. The molecule has 10 heteroatoms. The molecule has 0 atom stereocenters. The molecule has 284 valence electrons. The smallest absolute Gasteiger partial charge is 0.181 e. The van der Waals surface area contributed by atoms with Crippen molar-refractivity contribution < 1.29 is 9.84 Å². The van der Waals surface area contributed by atoms with Gasteiger partial charge in [0.1, 0.15) is 29.9 Å². The number of nitrogens with zero attached hydrogens (tertiary/aromatic N) is 8. The second kappa shape index (κ2) is 16.8. The number of benzene rings is 7. The highest BCUT2D eigenvalue weighted by Crippen LogP contribution is 2.32. The summed E-state index contributed by atoms with van der Waals surface area (Å²) in [5, 5.41) is 23.5. The first-order chi connectivity index (χ1) is 29.1. The molecule has 10 nitrogen and oxygen atoms in total. The van der Waals surface area contributed by atoms with Gasteiger partial charge in [0.25, 0.3) is 0 Å². The van der Waals surface area contributed by atoms with E-state index in [9.17, 15) is 5.11 Å². The summed E-state index contributed by atoms with van der Waals surface area (Å²) in [7, 11) is 0. The van der Waals surface area contributed by atoms with Gasteiger partial charge in [0, 0.05) is 34.4 Å². The summed E-state index contributed by atoms with van der Waals surface area (Å²) in [4.78, 5) is 8.74. The van der Waals surface area contributed by atoms with Crippen LogP contribution in [-0.4, -0.2) is 44.4 Å². The summed E-state index contributed by atoms with van der Waals surface area (Å²) in [5.41, 5.74) is 8.54. The van der Waals surface area contributed by atoms with E-state index in [1.165, 1.54) is 0 Å². The second-order valence-corrected chi connectivity index (χ2v) is 13.4. The first kappa shape index (κ1) is 36.3. The third-order valence-electron chi connectivity index (χ3n) is 9.37. The van der Waals surface area contributed by atoms with E-state index in [4.69, 9.17) is 9.84 Å². The Kier molecular flexibility index (Phi) is 10.3. The summed E-state index contributed by atoms with van der Waals surface area (Å²) < 4.78 is 11.7. The van der Waals surface area contributed by atoms with Gasteiger partial charge in [0.05, 0.1) is 28.5 Å². The van der Waals surface area contributed by atoms with Crippen molar-refractivity contribution in [3.63, 3.8) is 0 Å². The Hall–Kier alpha value is -8.37. The Morgan fingerprint density at radius 1 is 0.390 bits per heavy atom. The molecule has 0 aliphatic heterocycles. The lowest BCUT2D eigenvalue weighted by Gasteiger charge is -2.09. The van der Waals surface area contributed by atoms with Gasteiger partial charge in [-0.3, -0.25) is 0 Å². The van der Waals surface area contributed by atoms with Crippen LogP contribution < -0.4 is 4.74 Å². The number of hydrogen-bond donors (Lipinski definition) is 1. The van der Waals surface area contributed by atoms with E-state index in [1.807, 2.05) is 150 Å². The third kappa shape index (κ3) is 8.42. The fourth-order valence-electron chi connectivity index (χ4n) is 6.50. The van der Waals surface area contributed by atoms with Gasteiger partial charge in [-0.25, -0.2) is 24.0 Å². The Bertz CT molecular complexity index is 2870. The minimum atomic E-state index is 0.212. The van der Waals surface area contributed by atoms with Gasteiger partial charge in [0.2, 0.25) is 0 Å². The predicted molar refractivity (Wildman–Crippen MR) is 230 cm³/mol. The molecule has 10 rings (SSSR count). The van der Waals surface area contributed by atoms with Gasteiger partial charge in [0.15, 0.2) is 11.6 Å². The molecule has 0 radical (unpaired) electrons. The van der Waals surface area contributed by atoms with E-state index < -0.39 is 0 Å². The van der Waals surface area contributed by atoms with Crippen LogP contribution in [0.25, 0.3) is 62.4 Å². The van der Waals surface area contributed by atoms with Gasteiger partial charge in [-0.15, -0.1) is 10.2 Å². The lowest BCUT2D eigenvalue weighted by atomic mass is 10.1. The molecule has 0 fully saturated rings. The third-order valence-corrected chi connectivity index (χ3v) is 9.37. The van der Waals surface area contributed by atoms with Crippen LogP contribution in [0.2, 0.25) is 0 Å². The number of rotatable bonds is 9. The first-order valence-electron chi connectivity index (χ1n) is 19.0. The van der Waals surface area contributed by atoms with Gasteiger partial charge in [-0.05, 0) is 54.6 Å². The number of phenolic OH excluding ortho intramolecular Hbond substituents is 1. The zero-order valence-corrected chi connectivity index (χ0v) is 31.6. The average molecular weight is 769 g/mol. The maximum atomic E-state index is 9.44. The van der Waals surface area contributed by atoms with Crippen molar-refractivity contribution in [1.29, 1.82) is 0 Å². The van der Waals surface area contributed by atoms with Crippen LogP contribution in [0.4, 0.5) is 0 Å². The molecule has 0 aliphatic carbocycles. The monoisotopic (exact) mass is 768 g/mol. The Morgan fingerprint density at radius 3 is 1.46 bits per heavy atom. The highest BCUT2D eigenvalue weighted by Gasteiger charge is 2.14. The molecular formula is C49H36N8O2. The van der Waals surface area contributed by atoms with Crippen LogP contribution in [0.1, 0.15) is 0 Å². The largest absolute Gasteiger partial charge is 0.508 e. The fraction of sp³-hybridized carbons (Fsp3) is 0. The lowest BCUT2D eigenvalue weighted by molar-refractivity contribution is 0.475. The molecule has 1 N–H and O–H groups in total. The Balaban J connectivity index is 0.000000208. The molecule has 0 amide bonds. The van der Waals surface area contributed by atoms with Crippen LogP contribution in [-0.2, 0) is 0 Å². The van der Waals surface area contributed by atoms with E-state index >= 15 is 0 Å². The minimum Gasteiger partial charge on any atom is -0.508 e. The molecule has 7 aromatic carbocycles. The summed E-state index contributed by atoms with van der Waals surface area (Å²) in [6, 6.07) is 65.1. The van der Waals surface area contributed by atoms with Crippen molar-refractivity contribution in [2.75, 3.05) is 0 Å². The fourth-order valence-corrected chi connectivity index (χ4v) is 6.50. The molecule has 0 unspecified atom stereocenters. The van der Waals surface area contributed by atoms with Crippen molar-refractivity contribution in [3.8, 4) is 79.6 Å². The Morgan fingerprint density at radius 2 is 0.864 bits per heavy atom. The number of hydrogen-bond acceptors (Lipinski definition) is 7. The van der Waals surface area contributed by atoms with E-state index in [1.54, 1.807) is 40.2 Å². The summed E-state index contributed by atoms with van der Waals surface area (Å²) >= 11 is 0. The SMILES string of the molecule is Oc1cccc(-n2cnc(-c3ccccc3)n2)c1.c1ccc(-c2ncn(-c3cccc(Oc4cccc(-c5cc(-c6ccccc6)n(-c6ccccc6)n5)c4)c3)n2)cc1. The highest BCUT2D eigenvalue weighted by molar-refractivity contribution is 5.71. The zero-order valence-electron chi connectivity index (χ0n) is 31.6. The molecule has 0 spiro atoms. The van der Waals surface area contributed by atoms with Crippen molar-refractivity contribution in [1.82, 2.24) is 39.3 Å². The molecule has 59 heavy (non-hydrogen) atoms. The van der Waals surface area contributed by atoms with Gasteiger partial charge >= 0.3 is 0 Å². The highest BCUT2D eigenvalue weighted by atomic mass is 16.5. The quantitative estimate of drug-likeness (QED) is 0.156. The van der Waals surface area contributed by atoms with Crippen molar-refractivity contribution in [2.45, 2.75) is 0 Å². The molecule has 0 aliphatic rings. The van der Waals surface area contributed by atoms with E-state index in [0.717, 1.165) is 56.5 Å². The maximum absolute atomic E-state index is 9.44. The van der Waals surface area contributed by atoms with E-state index in [0.29, 0.717) is 17.4 Å². The predicted octanol–water partition coefficient (Wildman–Crippen LogP) is 10.9. The van der Waals surface area contributed by atoms with Crippen molar-refractivity contribution >= 4 is 0 Å². The van der Waals surface area contributed by atoms with E-state index in [2.05, 4.69) is 56.6 Å². The molecule has 10 aromatic rings. The van der Waals surface area contributed by atoms with Crippen LogP contribution in [0.3, 0.4) is 0 Å². The maximum Gasteiger partial charge on any atom is 0.181 e. The van der Waals surface area contributed by atoms with Crippen molar-refractivity contribution in [2.24, 2.45) is 0 Å². The van der Waals surface area contributed by atoms with Gasteiger partial charge in [-0.2, -0.15) is 5.10 Å². The number of aromatic nitrogens is 8. The molecule has 3 aromatic heterocycles. The van der Waals surface area contributed by atoms with Crippen molar-refractivity contribution in [3.05, 3.63) is 213 Å². The number of phenols is 1. The summed E-state index contributed by atoms with van der Waals surface area (Å²) in [6.07, 6.45) is 3.35.